The molecule has 0 saturated heterocycles. The van der Waals surface area contributed by atoms with Crippen LogP contribution < -0.4 is 10.6 Å². The van der Waals surface area contributed by atoms with E-state index in [1.54, 1.807) is 18.5 Å². The average Bonchev–Trinajstić information content (AvgIpc) is 3.23. The maximum Gasteiger partial charge on any atom is 0.433 e. The van der Waals surface area contributed by atoms with Crippen LogP contribution in [0.15, 0.2) is 67.4 Å². The molecule has 0 radical (unpaired) electrons. The van der Waals surface area contributed by atoms with Crippen molar-refractivity contribution in [3.05, 3.63) is 90.0 Å². The number of pyridine rings is 1. The molecule has 7 nitrogen and oxygen atoms in total. The first-order valence-electron chi connectivity index (χ1n) is 10.5. The summed E-state index contributed by atoms with van der Waals surface area (Å²) in [5, 5.41) is 5.61. The number of anilines is 2. The Bertz CT molecular complexity index is 1320. The van der Waals surface area contributed by atoms with Crippen LogP contribution in [0.5, 0.6) is 0 Å². The highest BCUT2D eigenvalue weighted by Crippen LogP contribution is 2.27. The molecule has 35 heavy (non-hydrogen) atoms. The van der Waals surface area contributed by atoms with E-state index in [-0.39, 0.29) is 18.5 Å². The molecular formula is C24H20F4N6O. The Balaban J connectivity index is 1.34. The summed E-state index contributed by atoms with van der Waals surface area (Å²) in [6.45, 7) is -0.0234. The molecule has 0 spiro atoms. The Morgan fingerprint density at radius 3 is 2.37 bits per heavy atom. The number of halogens is 4. The third kappa shape index (κ3) is 6.19. The third-order valence-electron chi connectivity index (χ3n) is 5.08. The largest absolute Gasteiger partial charge is 0.433 e. The van der Waals surface area contributed by atoms with E-state index in [9.17, 15) is 22.4 Å². The van der Waals surface area contributed by atoms with Gasteiger partial charge in [-0.2, -0.15) is 13.2 Å². The van der Waals surface area contributed by atoms with E-state index in [0.717, 1.165) is 18.0 Å². The summed E-state index contributed by atoms with van der Waals surface area (Å²) in [5.41, 5.74) is 1.56. The number of nitrogens with zero attached hydrogens (tertiary/aromatic N) is 4. The van der Waals surface area contributed by atoms with Crippen molar-refractivity contribution in [3.8, 4) is 11.1 Å². The lowest BCUT2D eigenvalue weighted by Crippen LogP contribution is -2.25. The number of hydrogen-bond acceptors (Lipinski definition) is 5. The van der Waals surface area contributed by atoms with Crippen molar-refractivity contribution < 1.29 is 22.4 Å². The van der Waals surface area contributed by atoms with E-state index < -0.39 is 23.6 Å². The van der Waals surface area contributed by atoms with E-state index in [1.165, 1.54) is 18.2 Å². The van der Waals surface area contributed by atoms with E-state index >= 15 is 0 Å². The molecular weight excluding hydrogens is 464 g/mol. The smallest absolute Gasteiger partial charge is 0.355 e. The minimum atomic E-state index is -4.53. The highest BCUT2D eigenvalue weighted by Gasteiger charge is 2.32. The van der Waals surface area contributed by atoms with Crippen molar-refractivity contribution in [3.63, 3.8) is 0 Å². The molecule has 0 aliphatic heterocycles. The van der Waals surface area contributed by atoms with Crippen molar-refractivity contribution in [2.75, 3.05) is 5.32 Å². The zero-order chi connectivity index (χ0) is 25.0. The Morgan fingerprint density at radius 1 is 1.00 bits per heavy atom. The summed E-state index contributed by atoms with van der Waals surface area (Å²) in [6.07, 6.45) is 3.18. The SMILES string of the molecule is Cn1ccc(Nc2ncc(-c3ccc(CC(=O)NCc4ccc(C(F)(F)F)nc4)c(F)c3)cn2)c1. The molecule has 1 amide bonds. The van der Waals surface area contributed by atoms with Gasteiger partial charge in [-0.1, -0.05) is 18.2 Å². The van der Waals surface area contributed by atoms with Crippen molar-refractivity contribution in [2.24, 2.45) is 7.05 Å². The predicted molar refractivity (Wildman–Crippen MR) is 121 cm³/mol. The first-order chi connectivity index (χ1) is 16.7. The summed E-state index contributed by atoms with van der Waals surface area (Å²) in [5.74, 6) is -0.645. The molecule has 0 aliphatic rings. The molecule has 4 aromatic rings. The van der Waals surface area contributed by atoms with Gasteiger partial charge in [0.2, 0.25) is 11.9 Å². The molecule has 3 aromatic heterocycles. The molecule has 3 heterocycles. The van der Waals surface area contributed by atoms with E-state index in [2.05, 4.69) is 25.6 Å². The normalized spacial score (nSPS) is 11.3. The quantitative estimate of drug-likeness (QED) is 0.374. The van der Waals surface area contributed by atoms with Crippen molar-refractivity contribution >= 4 is 17.5 Å². The lowest BCUT2D eigenvalue weighted by molar-refractivity contribution is -0.141. The topological polar surface area (TPSA) is 84.7 Å². The predicted octanol–water partition coefficient (Wildman–Crippen LogP) is 4.64. The molecule has 2 N–H and O–H groups in total. The number of carbonyl (C=O) groups is 1. The molecule has 4 rings (SSSR count). The van der Waals surface area contributed by atoms with Crippen LogP contribution in [0, 0.1) is 5.82 Å². The second-order valence-electron chi connectivity index (χ2n) is 7.80. The Kier molecular flexibility index (Phi) is 6.76. The number of amides is 1. The summed E-state index contributed by atoms with van der Waals surface area (Å²) < 4.78 is 54.2. The number of rotatable bonds is 7. The molecule has 11 heteroatoms. The molecule has 0 aliphatic carbocycles. The van der Waals surface area contributed by atoms with E-state index in [0.29, 0.717) is 22.6 Å². The van der Waals surface area contributed by atoms with Crippen LogP contribution in [0.4, 0.5) is 29.2 Å². The maximum atomic E-state index is 14.6. The van der Waals surface area contributed by atoms with Gasteiger partial charge < -0.3 is 15.2 Å². The third-order valence-corrected chi connectivity index (χ3v) is 5.08. The fourth-order valence-electron chi connectivity index (χ4n) is 3.25. The van der Waals surface area contributed by atoms with Gasteiger partial charge in [0.05, 0.1) is 12.1 Å². The number of alkyl halides is 3. The molecule has 0 atom stereocenters. The Hall–Kier alpha value is -4.28. The van der Waals surface area contributed by atoms with Crippen LogP contribution >= 0.6 is 0 Å². The van der Waals surface area contributed by atoms with Crippen LogP contribution in [-0.4, -0.2) is 25.4 Å². The lowest BCUT2D eigenvalue weighted by Gasteiger charge is -2.09. The van der Waals surface area contributed by atoms with Gasteiger partial charge in [0.25, 0.3) is 0 Å². The molecule has 0 bridgehead atoms. The standard InChI is InChI=1S/C24H20F4N6O/c1-34-7-6-19(14-34)33-23-31-12-18(13-32-23)16-3-4-17(20(25)8-16)9-22(35)30-11-15-2-5-21(29-10-15)24(26,27)28/h2-8,10,12-14H,9,11H2,1H3,(H,30,35)(H,31,32,33). The number of carbonyl (C=O) groups excluding carboxylic acids is 1. The fraction of sp³-hybridized carbons (Fsp3) is 0.167. The molecule has 0 saturated carbocycles. The second-order valence-corrected chi connectivity index (χ2v) is 7.80. The number of aromatic nitrogens is 4. The van der Waals surface area contributed by atoms with E-state index in [1.807, 2.05) is 30.1 Å². The zero-order valence-electron chi connectivity index (χ0n) is 18.5. The van der Waals surface area contributed by atoms with Gasteiger partial charge in [-0.3, -0.25) is 9.78 Å². The first kappa shape index (κ1) is 23.9. The maximum absolute atomic E-state index is 14.6. The second kappa shape index (κ2) is 9.92. The minimum absolute atomic E-state index is 0.0234. The summed E-state index contributed by atoms with van der Waals surface area (Å²) in [7, 11) is 1.90. The summed E-state index contributed by atoms with van der Waals surface area (Å²) in [6, 6.07) is 8.41. The number of benzene rings is 1. The fourth-order valence-corrected chi connectivity index (χ4v) is 3.25. The van der Waals surface area contributed by atoms with Crippen molar-refractivity contribution in [1.82, 2.24) is 24.8 Å². The van der Waals surface area contributed by atoms with Crippen molar-refractivity contribution in [1.29, 1.82) is 0 Å². The number of aryl methyl sites for hydroxylation is 1. The van der Waals surface area contributed by atoms with Crippen LogP contribution in [0.25, 0.3) is 11.1 Å². The summed E-state index contributed by atoms with van der Waals surface area (Å²) in [4.78, 5) is 24.0. The Labute approximate surface area is 197 Å². The van der Waals surface area contributed by atoms with E-state index in [4.69, 9.17) is 0 Å². The Morgan fingerprint density at radius 2 is 1.77 bits per heavy atom. The molecule has 0 unspecified atom stereocenters. The zero-order valence-corrected chi connectivity index (χ0v) is 18.5. The average molecular weight is 484 g/mol. The lowest BCUT2D eigenvalue weighted by atomic mass is 10.0. The van der Waals surface area contributed by atoms with Gasteiger partial charge in [-0.15, -0.1) is 0 Å². The van der Waals surface area contributed by atoms with Crippen LogP contribution in [0.2, 0.25) is 0 Å². The molecule has 0 fully saturated rings. The van der Waals surface area contributed by atoms with Gasteiger partial charge in [0.15, 0.2) is 0 Å². The van der Waals surface area contributed by atoms with Gasteiger partial charge in [-0.05, 0) is 34.9 Å². The number of hydrogen-bond donors (Lipinski definition) is 2. The monoisotopic (exact) mass is 484 g/mol. The number of nitrogens with one attached hydrogen (secondary N) is 2. The first-order valence-corrected chi connectivity index (χ1v) is 10.5. The van der Waals surface area contributed by atoms with Gasteiger partial charge in [0, 0.05) is 50.1 Å². The minimum Gasteiger partial charge on any atom is -0.355 e. The van der Waals surface area contributed by atoms with Crippen LogP contribution in [0.3, 0.4) is 0 Å². The highest BCUT2D eigenvalue weighted by atomic mass is 19.4. The molecule has 1 aromatic carbocycles. The van der Waals surface area contributed by atoms with Gasteiger partial charge >= 0.3 is 6.18 Å². The highest BCUT2D eigenvalue weighted by molar-refractivity contribution is 5.79. The van der Waals surface area contributed by atoms with Crippen molar-refractivity contribution in [2.45, 2.75) is 19.1 Å². The van der Waals surface area contributed by atoms with Gasteiger partial charge in [-0.25, -0.2) is 14.4 Å². The molecule has 180 valence electrons. The summed E-state index contributed by atoms with van der Waals surface area (Å²) >= 11 is 0. The van der Waals surface area contributed by atoms with Crippen LogP contribution in [-0.2, 0) is 31.0 Å². The van der Waals surface area contributed by atoms with Crippen LogP contribution in [0.1, 0.15) is 16.8 Å². The van der Waals surface area contributed by atoms with Gasteiger partial charge in [0.1, 0.15) is 11.5 Å².